The minimum Gasteiger partial charge on any atom is -0.127 e. The van der Waals surface area contributed by atoms with Gasteiger partial charge < -0.3 is 0 Å². The number of rotatable bonds is 3. The van der Waals surface area contributed by atoms with E-state index in [4.69, 9.17) is 0 Å². The highest BCUT2D eigenvalue weighted by atomic mass is 32.2. The lowest BCUT2D eigenvalue weighted by atomic mass is 9.75. The largest absolute Gasteiger partial charge is 0.127 e. The van der Waals surface area contributed by atoms with Gasteiger partial charge in [-0.15, -0.1) is 23.5 Å². The normalized spacial score (nSPS) is 51.1. The molecule has 25 heavy (non-hydrogen) atoms. The monoisotopic (exact) mass is 374 g/mol. The Labute approximate surface area is 163 Å². The van der Waals surface area contributed by atoms with Gasteiger partial charge in [0.25, 0.3) is 0 Å². The van der Waals surface area contributed by atoms with Gasteiger partial charge in [0, 0.05) is 10.5 Å². The zero-order valence-corrected chi connectivity index (χ0v) is 17.8. The summed E-state index contributed by atoms with van der Waals surface area (Å²) in [6.45, 7) is 7.27. The second-order valence-corrected chi connectivity index (χ2v) is 12.5. The Morgan fingerprint density at radius 2 is 1.48 bits per heavy atom. The number of thioether (sulfide) groups is 2. The Hall–Kier alpha value is 0.180. The minimum absolute atomic E-state index is 0.841. The van der Waals surface area contributed by atoms with Crippen molar-refractivity contribution in [3.05, 3.63) is 22.0 Å². The molecule has 3 saturated carbocycles. The van der Waals surface area contributed by atoms with Crippen LogP contribution in [0.1, 0.15) is 65.7 Å². The van der Waals surface area contributed by atoms with Crippen molar-refractivity contribution in [3.8, 4) is 0 Å². The van der Waals surface area contributed by atoms with Gasteiger partial charge in [-0.2, -0.15) is 0 Å². The molecule has 8 unspecified atom stereocenters. The summed E-state index contributed by atoms with van der Waals surface area (Å²) in [6.07, 6.45) is 15.9. The summed E-state index contributed by atoms with van der Waals surface area (Å²) in [4.78, 5) is 3.20. The third kappa shape index (κ3) is 2.89. The van der Waals surface area contributed by atoms with Crippen LogP contribution in [0.3, 0.4) is 0 Å². The van der Waals surface area contributed by atoms with Gasteiger partial charge in [0.05, 0.1) is 0 Å². The molecule has 0 N–H and O–H groups in total. The molecule has 3 fully saturated rings. The number of allylic oxidation sites excluding steroid dienone is 4. The lowest BCUT2D eigenvalue weighted by molar-refractivity contribution is 0.202. The highest BCUT2D eigenvalue weighted by Crippen LogP contribution is 2.61. The van der Waals surface area contributed by atoms with Crippen molar-refractivity contribution in [1.29, 1.82) is 0 Å². The Morgan fingerprint density at radius 1 is 0.880 bits per heavy atom. The molecule has 0 nitrogen and oxygen atoms in total. The second kappa shape index (κ2) is 6.66. The Bertz CT molecular complexity index is 559. The van der Waals surface area contributed by atoms with Crippen LogP contribution in [0.5, 0.6) is 0 Å². The molecule has 0 spiro atoms. The first-order valence-corrected chi connectivity index (χ1v) is 12.6. The van der Waals surface area contributed by atoms with Crippen molar-refractivity contribution in [2.75, 3.05) is 0 Å². The van der Waals surface area contributed by atoms with E-state index in [0.29, 0.717) is 0 Å². The average molecular weight is 375 g/mol. The first kappa shape index (κ1) is 17.3. The lowest BCUT2D eigenvalue weighted by Gasteiger charge is -2.32. The molecule has 8 atom stereocenters. The third-order valence-electron chi connectivity index (χ3n) is 8.30. The molecule has 2 aliphatic heterocycles. The summed E-state index contributed by atoms with van der Waals surface area (Å²) < 4.78 is 0. The maximum atomic E-state index is 2.62. The van der Waals surface area contributed by atoms with E-state index in [9.17, 15) is 0 Å². The van der Waals surface area contributed by atoms with Gasteiger partial charge in [-0.05, 0) is 90.8 Å². The molecule has 0 bridgehead atoms. The molecule has 0 radical (unpaired) electrons. The summed E-state index contributed by atoms with van der Waals surface area (Å²) in [5.41, 5.74) is 0. The fourth-order valence-corrected chi connectivity index (χ4v) is 10.6. The summed E-state index contributed by atoms with van der Waals surface area (Å²) in [5.74, 6) is 6.84. The molecular weight excluding hydrogens is 340 g/mol. The van der Waals surface area contributed by atoms with E-state index < -0.39 is 0 Å². The highest BCUT2D eigenvalue weighted by Gasteiger charge is 2.53. The van der Waals surface area contributed by atoms with Crippen LogP contribution in [-0.4, -0.2) is 10.5 Å². The molecule has 0 amide bonds. The van der Waals surface area contributed by atoms with Crippen molar-refractivity contribution >= 4 is 23.5 Å². The molecule has 5 aliphatic rings. The maximum absolute atomic E-state index is 2.62. The van der Waals surface area contributed by atoms with Crippen LogP contribution < -0.4 is 0 Å². The first-order valence-electron chi connectivity index (χ1n) is 10.8. The molecule has 0 aromatic carbocycles. The molecule has 138 valence electrons. The summed E-state index contributed by atoms with van der Waals surface area (Å²) in [7, 11) is 0. The van der Waals surface area contributed by atoms with Gasteiger partial charge in [-0.3, -0.25) is 0 Å². The lowest BCUT2D eigenvalue weighted by Crippen LogP contribution is -2.24. The van der Waals surface area contributed by atoms with Crippen LogP contribution in [0.4, 0.5) is 0 Å². The number of hydrogen-bond donors (Lipinski definition) is 0. The maximum Gasteiger partial charge on any atom is 0.0199 e. The van der Waals surface area contributed by atoms with Gasteiger partial charge in [-0.25, -0.2) is 0 Å². The minimum atomic E-state index is 0.841. The Morgan fingerprint density at radius 3 is 2.16 bits per heavy atom. The van der Waals surface area contributed by atoms with Crippen LogP contribution in [0.2, 0.25) is 0 Å². The van der Waals surface area contributed by atoms with Crippen LogP contribution in [0, 0.1) is 41.4 Å². The standard InChI is InChI=1S/C23H34S2/c1-13-10-16-6-4-5-7-18(16)17(13)8-9-19-22-20(11-14(2)24-22)21-12-15(3)25-23(19)21/h11-13,16-23H,4-10H2,1-3H3. The molecular formula is C23H34S2. The Balaban J connectivity index is 1.29. The van der Waals surface area contributed by atoms with Crippen molar-refractivity contribution in [2.45, 2.75) is 76.2 Å². The SMILES string of the molecule is CC1=CC2C3C=C(C)SC3C(CCC3C(C)CC4CCCCC43)C2S1. The molecule has 3 aliphatic carbocycles. The quantitative estimate of drug-likeness (QED) is 0.515. The van der Waals surface area contributed by atoms with E-state index in [1.54, 1.807) is 29.1 Å². The van der Waals surface area contributed by atoms with Gasteiger partial charge in [0.15, 0.2) is 0 Å². The summed E-state index contributed by atoms with van der Waals surface area (Å²) in [5, 5.41) is 1.79. The van der Waals surface area contributed by atoms with Crippen molar-refractivity contribution < 1.29 is 0 Å². The van der Waals surface area contributed by atoms with Crippen LogP contribution in [0.25, 0.3) is 0 Å². The van der Waals surface area contributed by atoms with Gasteiger partial charge in [0.1, 0.15) is 0 Å². The average Bonchev–Trinajstić information content (AvgIpc) is 3.27. The molecule has 2 heterocycles. The topological polar surface area (TPSA) is 0 Å². The predicted octanol–water partition coefficient (Wildman–Crippen LogP) is 7.13. The zero-order valence-electron chi connectivity index (χ0n) is 16.1. The molecule has 0 aromatic heterocycles. The second-order valence-electron chi connectivity index (χ2n) is 9.70. The van der Waals surface area contributed by atoms with E-state index >= 15 is 0 Å². The van der Waals surface area contributed by atoms with Gasteiger partial charge >= 0.3 is 0 Å². The fourth-order valence-electron chi connectivity index (χ4n) is 7.37. The zero-order chi connectivity index (χ0) is 17.1. The molecule has 5 rings (SSSR count). The number of fused-ring (bicyclic) bond motifs is 4. The summed E-state index contributed by atoms with van der Waals surface area (Å²) in [6, 6.07) is 0. The van der Waals surface area contributed by atoms with Crippen molar-refractivity contribution in [3.63, 3.8) is 0 Å². The molecule has 0 saturated heterocycles. The third-order valence-corrected chi connectivity index (χ3v) is 11.2. The highest BCUT2D eigenvalue weighted by molar-refractivity contribution is 8.05. The fraction of sp³-hybridized carbons (Fsp3) is 0.826. The van der Waals surface area contributed by atoms with E-state index in [-0.39, 0.29) is 0 Å². The molecule has 0 aromatic rings. The van der Waals surface area contributed by atoms with Crippen molar-refractivity contribution in [2.24, 2.45) is 41.4 Å². The number of hydrogen-bond acceptors (Lipinski definition) is 2. The van der Waals surface area contributed by atoms with E-state index in [1.165, 1.54) is 25.7 Å². The van der Waals surface area contributed by atoms with Crippen LogP contribution in [0.15, 0.2) is 22.0 Å². The Kier molecular flexibility index (Phi) is 4.60. The van der Waals surface area contributed by atoms with Gasteiger partial charge in [0.2, 0.25) is 0 Å². The first-order chi connectivity index (χ1) is 12.1. The van der Waals surface area contributed by atoms with Crippen LogP contribution >= 0.6 is 23.5 Å². The van der Waals surface area contributed by atoms with Crippen LogP contribution in [-0.2, 0) is 0 Å². The van der Waals surface area contributed by atoms with E-state index in [1.807, 2.05) is 0 Å². The predicted molar refractivity (Wildman–Crippen MR) is 113 cm³/mol. The molecule has 2 heteroatoms. The van der Waals surface area contributed by atoms with E-state index in [0.717, 1.165) is 51.9 Å². The van der Waals surface area contributed by atoms with E-state index in [2.05, 4.69) is 56.4 Å². The van der Waals surface area contributed by atoms with Gasteiger partial charge in [-0.1, -0.05) is 38.3 Å². The summed E-state index contributed by atoms with van der Waals surface area (Å²) >= 11 is 4.45. The van der Waals surface area contributed by atoms with Crippen molar-refractivity contribution in [1.82, 2.24) is 0 Å². The smallest absolute Gasteiger partial charge is 0.0199 e.